The van der Waals surface area contributed by atoms with Crippen LogP contribution in [0.1, 0.15) is 0 Å². The number of nitrogens with one attached hydrogen (secondary N) is 2. The van der Waals surface area contributed by atoms with Crippen LogP contribution >= 0.6 is 0 Å². The highest BCUT2D eigenvalue weighted by molar-refractivity contribution is 7.92. The predicted molar refractivity (Wildman–Crippen MR) is 60.9 cm³/mol. The third-order valence-corrected chi connectivity index (χ3v) is 4.60. The van der Waals surface area contributed by atoms with Gasteiger partial charge in [-0.15, -0.1) is 0 Å². The molecule has 0 saturated carbocycles. The number of amides is 2. The number of carbonyl (C=O) groups is 1. The number of primary amides is 1. The van der Waals surface area contributed by atoms with Gasteiger partial charge in [0, 0.05) is 0 Å². The minimum absolute atomic E-state index is 0.596. The molecule has 0 unspecified atom stereocenters. The van der Waals surface area contributed by atoms with E-state index in [2.05, 4.69) is 5.73 Å². The standard InChI is InChI=1S/C7H10N4O5S2/c8-7(12)10-17(13,14)5-3-1-2-4-6(5)18(15,16)11-9/h1-4,11H,9H2,(H3,8,10,12). The van der Waals surface area contributed by atoms with Gasteiger partial charge in [0.05, 0.1) is 0 Å². The van der Waals surface area contributed by atoms with Gasteiger partial charge in [0.25, 0.3) is 20.0 Å². The summed E-state index contributed by atoms with van der Waals surface area (Å²) in [6, 6.07) is 3.27. The van der Waals surface area contributed by atoms with Crippen LogP contribution < -0.4 is 21.1 Å². The van der Waals surface area contributed by atoms with Crippen LogP contribution in [0.2, 0.25) is 0 Å². The molecule has 0 heterocycles. The first-order chi connectivity index (χ1) is 8.20. The van der Waals surface area contributed by atoms with E-state index < -0.39 is 35.9 Å². The second kappa shape index (κ2) is 4.89. The average Bonchev–Trinajstić information content (AvgIpc) is 2.27. The van der Waals surface area contributed by atoms with Crippen molar-refractivity contribution in [2.24, 2.45) is 11.6 Å². The maximum atomic E-state index is 11.7. The summed E-state index contributed by atoms with van der Waals surface area (Å²) < 4.78 is 47.8. The fourth-order valence-corrected chi connectivity index (χ4v) is 3.49. The number of carbonyl (C=O) groups excluding carboxylic acids is 1. The topological polar surface area (TPSA) is 161 Å². The smallest absolute Gasteiger partial charge is 0.326 e. The predicted octanol–water partition coefficient (Wildman–Crippen LogP) is -1.80. The summed E-state index contributed by atoms with van der Waals surface area (Å²) in [4.78, 5) is 10.8. The number of hydrogen-bond donors (Lipinski definition) is 4. The van der Waals surface area contributed by atoms with Crippen molar-refractivity contribution in [2.75, 3.05) is 0 Å². The van der Waals surface area contributed by atoms with Gasteiger partial charge < -0.3 is 5.73 Å². The lowest BCUT2D eigenvalue weighted by Crippen LogP contribution is -2.37. The van der Waals surface area contributed by atoms with E-state index in [9.17, 15) is 21.6 Å². The first-order valence-corrected chi connectivity index (χ1v) is 7.31. The van der Waals surface area contributed by atoms with Gasteiger partial charge in [0.2, 0.25) is 0 Å². The Labute approximate surface area is 103 Å². The van der Waals surface area contributed by atoms with Crippen molar-refractivity contribution >= 4 is 26.1 Å². The van der Waals surface area contributed by atoms with E-state index in [0.29, 0.717) is 0 Å². The normalized spacial score (nSPS) is 12.1. The first kappa shape index (κ1) is 14.4. The summed E-state index contributed by atoms with van der Waals surface area (Å²) in [7, 11) is -8.57. The van der Waals surface area contributed by atoms with Gasteiger partial charge in [-0.05, 0) is 12.1 Å². The van der Waals surface area contributed by atoms with Crippen LogP contribution in [0.15, 0.2) is 34.1 Å². The van der Waals surface area contributed by atoms with E-state index in [1.54, 1.807) is 0 Å². The van der Waals surface area contributed by atoms with Crippen molar-refractivity contribution in [3.63, 3.8) is 0 Å². The third kappa shape index (κ3) is 2.95. The van der Waals surface area contributed by atoms with Gasteiger partial charge in [-0.25, -0.2) is 26.4 Å². The molecule has 11 heteroatoms. The molecule has 100 valence electrons. The van der Waals surface area contributed by atoms with Crippen molar-refractivity contribution in [2.45, 2.75) is 9.79 Å². The van der Waals surface area contributed by atoms with Crippen LogP contribution in [0.25, 0.3) is 0 Å². The van der Waals surface area contributed by atoms with Crippen molar-refractivity contribution in [3.05, 3.63) is 24.3 Å². The lowest BCUT2D eigenvalue weighted by molar-refractivity contribution is 0.253. The number of hydrogen-bond acceptors (Lipinski definition) is 6. The summed E-state index contributed by atoms with van der Waals surface area (Å²) in [6.07, 6.45) is 0. The molecule has 1 rings (SSSR count). The minimum atomic E-state index is -4.38. The largest absolute Gasteiger partial charge is 0.351 e. The van der Waals surface area contributed by atoms with E-state index in [-0.39, 0.29) is 0 Å². The fraction of sp³-hybridized carbons (Fsp3) is 0. The maximum Gasteiger partial charge on any atom is 0.326 e. The van der Waals surface area contributed by atoms with Gasteiger partial charge in [0.1, 0.15) is 9.79 Å². The van der Waals surface area contributed by atoms with E-state index in [4.69, 9.17) is 5.84 Å². The molecular weight excluding hydrogens is 284 g/mol. The average molecular weight is 294 g/mol. The zero-order valence-electron chi connectivity index (χ0n) is 8.82. The number of hydrazine groups is 1. The Kier molecular flexibility index (Phi) is 3.91. The summed E-state index contributed by atoms with van der Waals surface area (Å²) >= 11 is 0. The molecule has 0 fully saturated rings. The Morgan fingerprint density at radius 3 is 1.83 bits per heavy atom. The molecule has 18 heavy (non-hydrogen) atoms. The Morgan fingerprint density at radius 1 is 1.00 bits per heavy atom. The summed E-state index contributed by atoms with van der Waals surface area (Å²) in [5.41, 5.74) is 4.69. The molecule has 6 N–H and O–H groups in total. The van der Waals surface area contributed by atoms with Crippen molar-refractivity contribution in [3.8, 4) is 0 Å². The summed E-state index contributed by atoms with van der Waals surface area (Å²) in [5, 5.41) is 0. The van der Waals surface area contributed by atoms with E-state index >= 15 is 0 Å². The zero-order valence-corrected chi connectivity index (χ0v) is 10.5. The van der Waals surface area contributed by atoms with Crippen molar-refractivity contribution in [1.29, 1.82) is 0 Å². The maximum absolute atomic E-state index is 11.7. The molecule has 0 radical (unpaired) electrons. The molecule has 2 amide bonds. The van der Waals surface area contributed by atoms with E-state index in [1.807, 2.05) is 0 Å². The lowest BCUT2D eigenvalue weighted by atomic mass is 10.4. The number of nitrogens with two attached hydrogens (primary N) is 2. The fourth-order valence-electron chi connectivity index (χ4n) is 1.15. The Hall–Kier alpha value is -1.69. The second-order valence-electron chi connectivity index (χ2n) is 3.04. The van der Waals surface area contributed by atoms with Gasteiger partial charge in [0.15, 0.2) is 0 Å². The van der Waals surface area contributed by atoms with Crippen LogP contribution in [0.5, 0.6) is 0 Å². The van der Waals surface area contributed by atoms with Crippen LogP contribution in [-0.4, -0.2) is 22.9 Å². The molecule has 1 aromatic carbocycles. The van der Waals surface area contributed by atoms with Crippen LogP contribution in [0.4, 0.5) is 4.79 Å². The molecule has 9 nitrogen and oxygen atoms in total. The number of urea groups is 1. The molecule has 0 spiro atoms. The zero-order chi connectivity index (χ0) is 14.0. The highest BCUT2D eigenvalue weighted by atomic mass is 32.2. The van der Waals surface area contributed by atoms with Crippen molar-refractivity contribution < 1.29 is 21.6 Å². The van der Waals surface area contributed by atoms with Crippen LogP contribution in [0, 0.1) is 0 Å². The molecule has 1 aromatic rings. The van der Waals surface area contributed by atoms with E-state index in [0.717, 1.165) is 12.1 Å². The molecule has 0 aromatic heterocycles. The van der Waals surface area contributed by atoms with Gasteiger partial charge >= 0.3 is 6.03 Å². The number of sulfonamides is 2. The Morgan fingerprint density at radius 2 is 1.44 bits per heavy atom. The van der Waals surface area contributed by atoms with Crippen molar-refractivity contribution in [1.82, 2.24) is 9.55 Å². The monoisotopic (exact) mass is 294 g/mol. The highest BCUT2D eigenvalue weighted by Gasteiger charge is 2.26. The van der Waals surface area contributed by atoms with Gasteiger partial charge in [-0.3, -0.25) is 5.84 Å². The Balaban J connectivity index is 3.49. The summed E-state index contributed by atoms with van der Waals surface area (Å²) in [5.74, 6) is 4.81. The number of benzene rings is 1. The van der Waals surface area contributed by atoms with Crippen LogP contribution in [0.3, 0.4) is 0 Å². The first-order valence-electron chi connectivity index (χ1n) is 4.34. The van der Waals surface area contributed by atoms with Gasteiger partial charge in [-0.1, -0.05) is 12.1 Å². The van der Waals surface area contributed by atoms with Crippen LogP contribution in [-0.2, 0) is 20.0 Å². The molecule has 0 aliphatic carbocycles. The SMILES string of the molecule is NNS(=O)(=O)c1ccccc1S(=O)(=O)NC(N)=O. The molecule has 0 aliphatic rings. The molecule has 0 aliphatic heterocycles. The lowest BCUT2D eigenvalue weighted by Gasteiger charge is -2.09. The summed E-state index contributed by atoms with van der Waals surface area (Å²) in [6.45, 7) is 0. The highest BCUT2D eigenvalue weighted by Crippen LogP contribution is 2.19. The molecule has 0 atom stereocenters. The van der Waals surface area contributed by atoms with E-state index in [1.165, 1.54) is 21.7 Å². The third-order valence-electron chi connectivity index (χ3n) is 1.82. The second-order valence-corrected chi connectivity index (χ2v) is 6.37. The molecular formula is C7H10N4O5S2. The quantitative estimate of drug-likeness (QED) is 0.378. The minimum Gasteiger partial charge on any atom is -0.351 e. The molecule has 0 saturated heterocycles. The Bertz CT molecular complexity index is 667. The number of rotatable bonds is 4. The van der Waals surface area contributed by atoms with Gasteiger partial charge in [-0.2, -0.15) is 4.83 Å². The molecule has 0 bridgehead atoms.